The van der Waals surface area contributed by atoms with Crippen LogP contribution < -0.4 is 0 Å². The maximum Gasteiger partial charge on any atom is 0.417 e. The minimum absolute atomic E-state index is 0.00236. The number of aromatic nitrogens is 2. The Morgan fingerprint density at radius 2 is 0.741 bits per heavy atom. The molecule has 5 aromatic carbocycles. The van der Waals surface area contributed by atoms with Crippen LogP contribution in [0.3, 0.4) is 0 Å². The fourth-order valence-electron chi connectivity index (χ4n) is 6.23. The van der Waals surface area contributed by atoms with Crippen LogP contribution in [0.25, 0.3) is 66.7 Å². The van der Waals surface area contributed by atoms with E-state index in [1.807, 2.05) is 0 Å². The second-order valence-electron chi connectivity index (χ2n) is 11.6. The van der Waals surface area contributed by atoms with Crippen molar-refractivity contribution >= 4 is 67.4 Å². The van der Waals surface area contributed by atoms with Crippen molar-refractivity contribution < 1.29 is 61.5 Å². The fraction of sp³-hybridized carbons (Fsp3) is 0.111. The van der Waals surface area contributed by atoms with Crippen LogP contribution in [0.15, 0.2) is 93.8 Å². The summed E-state index contributed by atoms with van der Waals surface area (Å²) in [5.74, 6) is 0. The zero-order valence-electron chi connectivity index (χ0n) is 26.1. The van der Waals surface area contributed by atoms with Crippen LogP contribution in [0.2, 0.25) is 0 Å². The van der Waals surface area contributed by atoms with Gasteiger partial charge < -0.3 is 8.83 Å². The fourth-order valence-corrected chi connectivity index (χ4v) is 7.16. The second-order valence-corrected chi connectivity index (χ2v) is 13.5. The predicted octanol–water partition coefficient (Wildman–Crippen LogP) is 13.9. The van der Waals surface area contributed by atoms with Crippen LogP contribution in [0, 0.1) is 7.79 Å². The summed E-state index contributed by atoms with van der Waals surface area (Å²) < 4.78 is 180. The summed E-state index contributed by atoms with van der Waals surface area (Å²) in [4.78, 5) is 8.88. The van der Waals surface area contributed by atoms with Gasteiger partial charge in [0, 0.05) is 45.2 Å². The molecule has 0 saturated carbocycles. The molecule has 0 atom stereocenters. The van der Waals surface area contributed by atoms with Crippen molar-refractivity contribution in [2.24, 2.45) is 0 Å². The first-order valence-electron chi connectivity index (χ1n) is 15.0. The molecule has 4 nitrogen and oxygen atoms in total. The maximum absolute atomic E-state index is 14.4. The number of rotatable bonds is 4. The summed E-state index contributed by atoms with van der Waals surface area (Å²) in [7, 11) is 0. The summed E-state index contributed by atoms with van der Waals surface area (Å²) >= 11 is 3.38. The van der Waals surface area contributed by atoms with Crippen LogP contribution in [0.4, 0.5) is 52.7 Å². The molecule has 0 amide bonds. The number of oxazole rings is 2. The largest absolute Gasteiger partial charge is 0.431 e. The van der Waals surface area contributed by atoms with Gasteiger partial charge in [0.25, 0.3) is 7.79 Å². The lowest BCUT2D eigenvalue weighted by atomic mass is 9.86. The van der Waals surface area contributed by atoms with Crippen LogP contribution in [-0.4, -0.2) is 9.97 Å². The molecule has 0 saturated heterocycles. The van der Waals surface area contributed by atoms with E-state index in [1.54, 1.807) is 45.2 Å². The SMILES string of the molecule is FC(F)(F)c1ccc(-c2ccccc2-c2c3nc(I)oc3c(-c3ccccc3-c3ccc(C(F)(F)F)cc3C(F)(F)F)c3nc(I)oc23)c(C(F)(F)F)c1. The Bertz CT molecular complexity index is 2370. The van der Waals surface area contributed by atoms with E-state index in [2.05, 4.69) is 9.97 Å². The van der Waals surface area contributed by atoms with Gasteiger partial charge in [-0.25, -0.2) is 9.97 Å². The Balaban J connectivity index is 1.55. The molecule has 0 bridgehead atoms. The molecule has 0 unspecified atom stereocenters. The Kier molecular flexibility index (Phi) is 9.25. The average molecular weight is 988 g/mol. The van der Waals surface area contributed by atoms with Crippen molar-refractivity contribution in [3.05, 3.63) is 115 Å². The van der Waals surface area contributed by atoms with Gasteiger partial charge in [0.05, 0.1) is 33.4 Å². The number of fused-ring (bicyclic) bond motifs is 2. The van der Waals surface area contributed by atoms with E-state index in [1.165, 1.54) is 48.5 Å². The maximum atomic E-state index is 14.4. The summed E-state index contributed by atoms with van der Waals surface area (Å²) in [6.07, 6.45) is -20.6. The highest BCUT2D eigenvalue weighted by atomic mass is 127. The first kappa shape index (κ1) is 38.0. The first-order valence-corrected chi connectivity index (χ1v) is 17.1. The topological polar surface area (TPSA) is 52.1 Å². The number of nitrogens with zero attached hydrogens (tertiary/aromatic N) is 2. The van der Waals surface area contributed by atoms with E-state index >= 15 is 0 Å². The third kappa shape index (κ3) is 6.79. The van der Waals surface area contributed by atoms with E-state index in [0.717, 1.165) is 0 Å². The quantitative estimate of drug-likeness (QED) is 0.130. The minimum atomic E-state index is -5.24. The van der Waals surface area contributed by atoms with Crippen molar-refractivity contribution in [3.8, 4) is 44.5 Å². The monoisotopic (exact) mass is 988 g/mol. The van der Waals surface area contributed by atoms with Gasteiger partial charge in [0.2, 0.25) is 0 Å². The van der Waals surface area contributed by atoms with Gasteiger partial charge in [-0.15, -0.1) is 0 Å². The average Bonchev–Trinajstić information content (AvgIpc) is 3.66. The summed E-state index contributed by atoms with van der Waals surface area (Å²) in [5.41, 5.74) is -8.21. The zero-order chi connectivity index (χ0) is 39.1. The molecule has 2 heterocycles. The van der Waals surface area contributed by atoms with Crippen molar-refractivity contribution in [1.82, 2.24) is 9.97 Å². The van der Waals surface area contributed by atoms with Crippen LogP contribution in [-0.2, 0) is 24.7 Å². The molecule has 54 heavy (non-hydrogen) atoms. The van der Waals surface area contributed by atoms with Crippen molar-refractivity contribution in [2.75, 3.05) is 0 Å². The Hall–Kier alpha value is -4.34. The molecule has 18 heteroatoms. The summed E-state index contributed by atoms with van der Waals surface area (Å²) in [6.45, 7) is 0. The minimum Gasteiger partial charge on any atom is -0.431 e. The highest BCUT2D eigenvalue weighted by molar-refractivity contribution is 14.1. The lowest BCUT2D eigenvalue weighted by Crippen LogP contribution is -2.12. The third-order valence-electron chi connectivity index (χ3n) is 8.41. The number of halogens is 14. The standard InChI is InChI=1S/C36H14F12I2N2O2/c37-33(38,39)15-9-11-19(23(13-15)35(43,44)45)17-5-1-3-7-21(17)25-27-30(54-31(49)51-27)26(28-29(25)53-32(50)52-28)22-8-4-2-6-18(22)20-12-10-16(34(40,41)42)14-24(20)36(46,47)48/h1-14H. The highest BCUT2D eigenvalue weighted by Gasteiger charge is 2.41. The second kappa shape index (κ2) is 13.2. The number of benzene rings is 5. The Morgan fingerprint density at radius 3 is 1.06 bits per heavy atom. The van der Waals surface area contributed by atoms with E-state index in [4.69, 9.17) is 8.83 Å². The molecular formula is C36H14F12I2N2O2. The molecule has 7 aromatic rings. The molecule has 2 aromatic heterocycles. The molecule has 7 rings (SSSR count). The van der Waals surface area contributed by atoms with Gasteiger partial charge in [-0.3, -0.25) is 0 Å². The van der Waals surface area contributed by atoms with Crippen LogP contribution in [0.5, 0.6) is 0 Å². The van der Waals surface area contributed by atoms with Gasteiger partial charge in [-0.1, -0.05) is 60.7 Å². The lowest BCUT2D eigenvalue weighted by Gasteiger charge is -2.19. The normalized spacial score (nSPS) is 13.0. The number of hydrogen-bond acceptors (Lipinski definition) is 4. The van der Waals surface area contributed by atoms with Gasteiger partial charge in [-0.05, 0) is 57.6 Å². The zero-order valence-corrected chi connectivity index (χ0v) is 30.4. The molecule has 0 aliphatic rings. The van der Waals surface area contributed by atoms with Gasteiger partial charge in [0.15, 0.2) is 11.2 Å². The molecule has 0 N–H and O–H groups in total. The number of alkyl halides is 12. The van der Waals surface area contributed by atoms with E-state index in [-0.39, 0.29) is 75.5 Å². The van der Waals surface area contributed by atoms with E-state index in [9.17, 15) is 52.7 Å². The van der Waals surface area contributed by atoms with E-state index < -0.39 is 58.1 Å². The molecular weight excluding hydrogens is 974 g/mol. The lowest BCUT2D eigenvalue weighted by molar-refractivity contribution is -0.144. The Morgan fingerprint density at radius 1 is 0.407 bits per heavy atom. The molecule has 0 aliphatic heterocycles. The van der Waals surface area contributed by atoms with Crippen LogP contribution in [0.1, 0.15) is 22.3 Å². The molecule has 278 valence electrons. The summed E-state index contributed by atoms with van der Waals surface area (Å²) in [6, 6.07) is 13.3. The Labute approximate surface area is 321 Å². The third-order valence-corrected chi connectivity index (χ3v) is 9.33. The van der Waals surface area contributed by atoms with Gasteiger partial charge in [0.1, 0.15) is 11.0 Å². The van der Waals surface area contributed by atoms with Crippen molar-refractivity contribution in [2.45, 2.75) is 24.7 Å². The van der Waals surface area contributed by atoms with Gasteiger partial charge >= 0.3 is 24.7 Å². The van der Waals surface area contributed by atoms with E-state index in [0.29, 0.717) is 24.3 Å². The summed E-state index contributed by atoms with van der Waals surface area (Å²) in [5, 5.41) is 0. The number of hydrogen-bond donors (Lipinski definition) is 0. The highest BCUT2D eigenvalue weighted by Crippen LogP contribution is 2.51. The van der Waals surface area contributed by atoms with Gasteiger partial charge in [-0.2, -0.15) is 52.7 Å². The molecule has 0 fully saturated rings. The molecule has 0 aliphatic carbocycles. The molecule has 0 spiro atoms. The van der Waals surface area contributed by atoms with Crippen LogP contribution >= 0.6 is 45.2 Å². The molecule has 0 radical (unpaired) electrons. The van der Waals surface area contributed by atoms with Crippen molar-refractivity contribution in [3.63, 3.8) is 0 Å². The predicted molar refractivity (Wildman–Crippen MR) is 189 cm³/mol. The smallest absolute Gasteiger partial charge is 0.417 e. The first-order chi connectivity index (χ1) is 25.1. The van der Waals surface area contributed by atoms with Crippen molar-refractivity contribution in [1.29, 1.82) is 0 Å².